The lowest BCUT2D eigenvalue weighted by Gasteiger charge is -2.09. The molecule has 1 N–H and O–H groups in total. The molecule has 3 aromatic rings. The largest absolute Gasteiger partial charge is 0.304 e. The van der Waals surface area contributed by atoms with Gasteiger partial charge < -0.3 is 5.32 Å². The van der Waals surface area contributed by atoms with E-state index in [-0.39, 0.29) is 27.5 Å². The third-order valence-corrected chi connectivity index (χ3v) is 4.96. The smallest absolute Gasteiger partial charge is 0.257 e. The van der Waals surface area contributed by atoms with Gasteiger partial charge in [0.05, 0.1) is 16.8 Å². The van der Waals surface area contributed by atoms with Crippen LogP contribution in [0.25, 0.3) is 11.3 Å². The zero-order valence-corrected chi connectivity index (χ0v) is 16.1. The maximum Gasteiger partial charge on any atom is 0.257 e. The number of rotatable bonds is 6. The molecule has 0 aliphatic rings. The van der Waals surface area contributed by atoms with Crippen molar-refractivity contribution in [3.63, 3.8) is 0 Å². The fraction of sp³-hybridized carbons (Fsp3) is 0.222. The zero-order chi connectivity index (χ0) is 20.3. The van der Waals surface area contributed by atoms with E-state index in [2.05, 4.69) is 20.6 Å². The lowest BCUT2D eigenvalue weighted by atomic mass is 10.1. The Morgan fingerprint density at radius 1 is 1.29 bits per heavy atom. The number of pyridine rings is 1. The first-order valence-electron chi connectivity index (χ1n) is 8.45. The first-order valence-corrected chi connectivity index (χ1v) is 10.3. The molecular formula is C18H18FN5O3S. The number of aryl methyl sites for hydroxylation is 1. The Labute approximate surface area is 161 Å². The second-order valence-corrected chi connectivity index (χ2v) is 8.16. The van der Waals surface area contributed by atoms with Crippen molar-refractivity contribution in [1.29, 1.82) is 0 Å². The molecule has 1 amide bonds. The monoisotopic (exact) mass is 403 g/mol. The van der Waals surface area contributed by atoms with Crippen LogP contribution in [0.5, 0.6) is 0 Å². The summed E-state index contributed by atoms with van der Waals surface area (Å²) >= 11 is 0. The number of aromatic nitrogens is 4. The van der Waals surface area contributed by atoms with Crippen molar-refractivity contribution in [2.24, 2.45) is 0 Å². The summed E-state index contributed by atoms with van der Waals surface area (Å²) in [7, 11) is -3.59. The van der Waals surface area contributed by atoms with E-state index in [9.17, 15) is 17.6 Å². The maximum absolute atomic E-state index is 14.2. The van der Waals surface area contributed by atoms with Gasteiger partial charge in [-0.1, -0.05) is 12.1 Å². The van der Waals surface area contributed by atoms with Gasteiger partial charge in [0.25, 0.3) is 5.91 Å². The first kappa shape index (κ1) is 19.6. The van der Waals surface area contributed by atoms with E-state index in [0.717, 1.165) is 24.8 Å². The Morgan fingerprint density at radius 3 is 2.79 bits per heavy atom. The van der Waals surface area contributed by atoms with Gasteiger partial charge >= 0.3 is 0 Å². The molecular weight excluding hydrogens is 385 g/mol. The van der Waals surface area contributed by atoms with Crippen molar-refractivity contribution in [2.75, 3.05) is 11.6 Å². The minimum atomic E-state index is -3.59. The van der Waals surface area contributed by atoms with Crippen LogP contribution in [-0.2, 0) is 16.4 Å². The Morgan fingerprint density at radius 2 is 2.07 bits per heavy atom. The van der Waals surface area contributed by atoms with E-state index in [1.54, 1.807) is 10.9 Å². The molecule has 0 aliphatic heterocycles. The van der Waals surface area contributed by atoms with Crippen molar-refractivity contribution in [3.8, 4) is 11.3 Å². The topological polar surface area (TPSA) is 107 Å². The summed E-state index contributed by atoms with van der Waals surface area (Å²) in [5, 5.41) is 10.3. The minimum Gasteiger partial charge on any atom is -0.304 e. The number of anilines is 1. The molecule has 1 aromatic carbocycles. The molecule has 0 atom stereocenters. The number of sulfone groups is 1. The molecule has 0 spiro atoms. The highest BCUT2D eigenvalue weighted by atomic mass is 32.2. The van der Waals surface area contributed by atoms with Gasteiger partial charge in [-0.15, -0.1) is 5.10 Å². The highest BCUT2D eigenvalue weighted by molar-refractivity contribution is 7.90. The number of amides is 1. The van der Waals surface area contributed by atoms with Crippen LogP contribution >= 0.6 is 0 Å². The molecule has 0 aliphatic carbocycles. The van der Waals surface area contributed by atoms with Gasteiger partial charge in [-0.3, -0.25) is 14.5 Å². The van der Waals surface area contributed by atoms with Crippen molar-refractivity contribution < 1.29 is 17.6 Å². The molecule has 146 valence electrons. The summed E-state index contributed by atoms with van der Waals surface area (Å²) in [6.45, 7) is 2.64. The first-order chi connectivity index (χ1) is 13.3. The van der Waals surface area contributed by atoms with E-state index in [0.29, 0.717) is 6.54 Å². The van der Waals surface area contributed by atoms with Crippen LogP contribution in [0.15, 0.2) is 47.6 Å². The van der Waals surface area contributed by atoms with Gasteiger partial charge in [-0.2, -0.15) is 0 Å². The van der Waals surface area contributed by atoms with Crippen molar-refractivity contribution >= 4 is 21.6 Å². The van der Waals surface area contributed by atoms with Gasteiger partial charge in [-0.25, -0.2) is 12.8 Å². The summed E-state index contributed by atoms with van der Waals surface area (Å²) in [6, 6.07) is 6.43. The summed E-state index contributed by atoms with van der Waals surface area (Å²) in [4.78, 5) is 16.5. The maximum atomic E-state index is 14.2. The van der Waals surface area contributed by atoms with Gasteiger partial charge in [0, 0.05) is 30.1 Å². The van der Waals surface area contributed by atoms with Crippen molar-refractivity contribution in [1.82, 2.24) is 20.0 Å². The van der Waals surface area contributed by atoms with Gasteiger partial charge in [0.2, 0.25) is 0 Å². The third-order valence-electron chi connectivity index (χ3n) is 3.84. The average molecular weight is 403 g/mol. The highest BCUT2D eigenvalue weighted by Gasteiger charge is 2.18. The molecule has 8 nitrogen and oxygen atoms in total. The SMILES string of the molecule is CCCn1cc(NC(=O)c2cc(F)cc(-c3ncccc3S(C)(=O)=O)c2)nn1. The minimum absolute atomic E-state index is 0.00476. The van der Waals surface area contributed by atoms with Crippen LogP contribution in [0.3, 0.4) is 0 Å². The van der Waals surface area contributed by atoms with Crippen LogP contribution in [0, 0.1) is 5.82 Å². The predicted octanol–water partition coefficient (Wildman–Crippen LogP) is 2.54. The number of carbonyl (C=O) groups excluding carboxylic acids is 1. The number of hydrogen-bond donors (Lipinski definition) is 1. The van der Waals surface area contributed by atoms with Crippen LogP contribution < -0.4 is 5.32 Å². The molecule has 10 heteroatoms. The lowest BCUT2D eigenvalue weighted by molar-refractivity contribution is 0.102. The molecule has 0 fully saturated rings. The number of hydrogen-bond acceptors (Lipinski definition) is 6. The van der Waals surface area contributed by atoms with Crippen molar-refractivity contribution in [3.05, 3.63) is 54.1 Å². The molecule has 2 heterocycles. The van der Waals surface area contributed by atoms with Gasteiger partial charge in [0.15, 0.2) is 15.7 Å². The van der Waals surface area contributed by atoms with E-state index >= 15 is 0 Å². The van der Waals surface area contributed by atoms with E-state index in [4.69, 9.17) is 0 Å². The average Bonchev–Trinajstić information content (AvgIpc) is 3.08. The normalized spacial score (nSPS) is 11.4. The lowest BCUT2D eigenvalue weighted by Crippen LogP contribution is -2.13. The fourth-order valence-electron chi connectivity index (χ4n) is 2.65. The van der Waals surface area contributed by atoms with E-state index in [1.807, 2.05) is 6.92 Å². The Bertz CT molecular complexity index is 1130. The molecule has 28 heavy (non-hydrogen) atoms. The molecule has 2 aromatic heterocycles. The second-order valence-electron chi connectivity index (χ2n) is 6.17. The van der Waals surface area contributed by atoms with Crippen molar-refractivity contribution in [2.45, 2.75) is 24.8 Å². The Balaban J connectivity index is 1.95. The third kappa shape index (κ3) is 4.39. The number of carbonyl (C=O) groups is 1. The summed E-state index contributed by atoms with van der Waals surface area (Å²) in [6.07, 6.45) is 4.87. The summed E-state index contributed by atoms with van der Waals surface area (Å²) in [5.41, 5.74) is 0.262. The Hall–Kier alpha value is -3.14. The van der Waals surface area contributed by atoms with Crippen LogP contribution in [0.1, 0.15) is 23.7 Å². The number of halogens is 1. The Kier molecular flexibility index (Phi) is 5.50. The summed E-state index contributed by atoms with van der Waals surface area (Å²) < 4.78 is 39.7. The quantitative estimate of drug-likeness (QED) is 0.678. The van der Waals surface area contributed by atoms with Crippen LogP contribution in [0.4, 0.5) is 10.2 Å². The van der Waals surface area contributed by atoms with Crippen LogP contribution in [0.2, 0.25) is 0 Å². The summed E-state index contributed by atoms with van der Waals surface area (Å²) in [5.74, 6) is -1.05. The molecule has 0 saturated carbocycles. The number of benzene rings is 1. The van der Waals surface area contributed by atoms with Gasteiger partial charge in [0.1, 0.15) is 5.82 Å². The predicted molar refractivity (Wildman–Crippen MR) is 101 cm³/mol. The molecule has 0 bridgehead atoms. The van der Waals surface area contributed by atoms with Crippen LogP contribution in [-0.4, -0.2) is 40.6 Å². The highest BCUT2D eigenvalue weighted by Crippen LogP contribution is 2.27. The standard InChI is InChI=1S/C18H18FN5O3S/c1-3-7-24-11-16(22-23-24)21-18(25)13-8-12(9-14(19)10-13)17-15(28(2,26)27)5-4-6-20-17/h4-6,8-11H,3,7H2,1-2H3,(H,21,25). The zero-order valence-electron chi connectivity index (χ0n) is 15.3. The van der Waals surface area contributed by atoms with E-state index in [1.165, 1.54) is 24.4 Å². The molecule has 3 rings (SSSR count). The molecule has 0 radical (unpaired) electrons. The number of nitrogens with one attached hydrogen (secondary N) is 1. The fourth-order valence-corrected chi connectivity index (χ4v) is 3.49. The number of nitrogens with zero attached hydrogens (tertiary/aromatic N) is 4. The second kappa shape index (κ2) is 7.85. The van der Waals surface area contributed by atoms with E-state index < -0.39 is 21.6 Å². The molecule has 0 saturated heterocycles. The van der Waals surface area contributed by atoms with Gasteiger partial charge in [-0.05, 0) is 36.8 Å². The molecule has 0 unspecified atom stereocenters.